The van der Waals surface area contributed by atoms with Gasteiger partial charge in [-0.2, -0.15) is 0 Å². The first-order chi connectivity index (χ1) is 5.46. The summed E-state index contributed by atoms with van der Waals surface area (Å²) in [5.41, 5.74) is 0. The van der Waals surface area contributed by atoms with Gasteiger partial charge in [0.15, 0.2) is 5.79 Å². The third-order valence-corrected chi connectivity index (χ3v) is 1.88. The molecule has 4 nitrogen and oxygen atoms in total. The third-order valence-electron chi connectivity index (χ3n) is 1.88. The molecule has 0 radical (unpaired) electrons. The smallest absolute Gasteiger partial charge is 0.164 e. The molecule has 12 heavy (non-hydrogen) atoms. The summed E-state index contributed by atoms with van der Waals surface area (Å²) in [5, 5.41) is 18.2. The van der Waals surface area contributed by atoms with Crippen LogP contribution < -0.4 is 0 Å². The van der Waals surface area contributed by atoms with E-state index in [2.05, 4.69) is 0 Å². The van der Waals surface area contributed by atoms with Crippen molar-refractivity contribution in [2.75, 3.05) is 6.61 Å². The van der Waals surface area contributed by atoms with E-state index in [1.807, 2.05) is 0 Å². The fourth-order valence-corrected chi connectivity index (χ4v) is 1.41. The minimum Gasteiger partial charge on any atom is -0.394 e. The molecule has 0 spiro atoms. The fourth-order valence-electron chi connectivity index (χ4n) is 1.41. The molecule has 72 valence electrons. The molecule has 0 aromatic heterocycles. The van der Waals surface area contributed by atoms with Crippen molar-refractivity contribution >= 4 is 0 Å². The van der Waals surface area contributed by atoms with E-state index in [1.165, 1.54) is 0 Å². The second kappa shape index (κ2) is 3.30. The first-order valence-electron chi connectivity index (χ1n) is 4.11. The summed E-state index contributed by atoms with van der Waals surface area (Å²) in [5.74, 6) is -0.699. The zero-order chi connectivity index (χ0) is 9.35. The van der Waals surface area contributed by atoms with E-state index >= 15 is 0 Å². The maximum atomic E-state index is 9.27. The van der Waals surface area contributed by atoms with Crippen LogP contribution in [0.15, 0.2) is 0 Å². The first-order valence-corrected chi connectivity index (χ1v) is 4.11. The highest BCUT2D eigenvalue weighted by Gasteiger charge is 2.42. The van der Waals surface area contributed by atoms with E-state index in [0.717, 1.165) is 0 Å². The fraction of sp³-hybridized carbons (Fsp3) is 1.00. The normalized spacial score (nSPS) is 36.8. The van der Waals surface area contributed by atoms with Crippen LogP contribution in [-0.4, -0.2) is 40.9 Å². The quantitative estimate of drug-likeness (QED) is 0.616. The van der Waals surface area contributed by atoms with Crippen LogP contribution in [0.4, 0.5) is 0 Å². The van der Waals surface area contributed by atoms with Crippen LogP contribution in [0.25, 0.3) is 0 Å². The Balaban J connectivity index is 2.63. The van der Waals surface area contributed by atoms with E-state index in [0.29, 0.717) is 0 Å². The summed E-state index contributed by atoms with van der Waals surface area (Å²) in [7, 11) is 0. The van der Waals surface area contributed by atoms with Crippen molar-refractivity contribution in [3.63, 3.8) is 0 Å². The maximum Gasteiger partial charge on any atom is 0.164 e. The van der Waals surface area contributed by atoms with Gasteiger partial charge in [0.05, 0.1) is 12.7 Å². The van der Waals surface area contributed by atoms with Gasteiger partial charge < -0.3 is 19.7 Å². The van der Waals surface area contributed by atoms with E-state index in [4.69, 9.17) is 14.6 Å². The average Bonchev–Trinajstić information content (AvgIpc) is 2.25. The van der Waals surface area contributed by atoms with Gasteiger partial charge in [-0.25, -0.2) is 0 Å². The lowest BCUT2D eigenvalue weighted by Crippen LogP contribution is -2.35. The highest BCUT2D eigenvalue weighted by molar-refractivity contribution is 4.84. The lowest BCUT2D eigenvalue weighted by atomic mass is 10.1. The molecule has 4 heteroatoms. The van der Waals surface area contributed by atoms with Gasteiger partial charge in [-0.1, -0.05) is 0 Å². The van der Waals surface area contributed by atoms with Crippen LogP contribution in [0.1, 0.15) is 20.8 Å². The zero-order valence-electron chi connectivity index (χ0n) is 7.65. The molecule has 1 rings (SSSR count). The topological polar surface area (TPSA) is 58.9 Å². The van der Waals surface area contributed by atoms with Gasteiger partial charge in [-0.15, -0.1) is 0 Å². The first kappa shape index (κ1) is 9.92. The van der Waals surface area contributed by atoms with Crippen molar-refractivity contribution in [2.45, 2.75) is 44.9 Å². The van der Waals surface area contributed by atoms with E-state index < -0.39 is 24.1 Å². The molecule has 1 heterocycles. The highest BCUT2D eigenvalue weighted by atomic mass is 16.8. The van der Waals surface area contributed by atoms with Crippen LogP contribution in [0.3, 0.4) is 0 Å². The molecular formula is C8H16O4. The molecule has 1 aliphatic rings. The van der Waals surface area contributed by atoms with Crippen LogP contribution in [0.2, 0.25) is 0 Å². The molecule has 0 amide bonds. The molecule has 0 unspecified atom stereocenters. The van der Waals surface area contributed by atoms with E-state index in [-0.39, 0.29) is 6.61 Å². The summed E-state index contributed by atoms with van der Waals surface area (Å²) < 4.78 is 10.7. The zero-order valence-corrected chi connectivity index (χ0v) is 7.65. The average molecular weight is 176 g/mol. The van der Waals surface area contributed by atoms with E-state index in [9.17, 15) is 5.11 Å². The summed E-state index contributed by atoms with van der Waals surface area (Å²) >= 11 is 0. The number of hydrogen-bond acceptors (Lipinski definition) is 4. The van der Waals surface area contributed by atoms with Crippen LogP contribution in [0.5, 0.6) is 0 Å². The molecule has 3 atom stereocenters. The van der Waals surface area contributed by atoms with Gasteiger partial charge in [0.2, 0.25) is 0 Å². The number of hydrogen-bond donors (Lipinski definition) is 2. The summed E-state index contributed by atoms with van der Waals surface area (Å²) in [6.07, 6.45) is -1.46. The summed E-state index contributed by atoms with van der Waals surface area (Å²) in [4.78, 5) is 0. The van der Waals surface area contributed by atoms with Crippen molar-refractivity contribution in [2.24, 2.45) is 0 Å². The minimum atomic E-state index is -0.699. The third kappa shape index (κ3) is 1.95. The molecule has 0 aromatic rings. The predicted molar refractivity (Wildman–Crippen MR) is 42.6 cm³/mol. The Hall–Kier alpha value is -0.160. The SMILES string of the molecule is C[C@@H](O)[C@H]1OC(C)(C)O[C@H]1CO. The predicted octanol–water partition coefficient (Wildman–Crippen LogP) is -0.120. The molecule has 1 fully saturated rings. The van der Waals surface area contributed by atoms with Crippen LogP contribution in [-0.2, 0) is 9.47 Å². The Bertz CT molecular complexity index is 155. The molecule has 0 saturated carbocycles. The van der Waals surface area contributed by atoms with Crippen molar-refractivity contribution in [3.05, 3.63) is 0 Å². The van der Waals surface area contributed by atoms with Gasteiger partial charge in [0, 0.05) is 0 Å². The number of rotatable bonds is 2. The minimum absolute atomic E-state index is 0.126. The molecule has 0 bridgehead atoms. The van der Waals surface area contributed by atoms with Crippen molar-refractivity contribution in [1.82, 2.24) is 0 Å². The van der Waals surface area contributed by atoms with Gasteiger partial charge in [0.25, 0.3) is 0 Å². The maximum absolute atomic E-state index is 9.27. The lowest BCUT2D eigenvalue weighted by molar-refractivity contribution is -0.155. The number of aliphatic hydroxyl groups excluding tert-OH is 2. The Labute approximate surface area is 72.1 Å². The molecule has 0 aliphatic carbocycles. The molecule has 0 aromatic carbocycles. The van der Waals surface area contributed by atoms with Crippen LogP contribution in [0, 0.1) is 0 Å². The van der Waals surface area contributed by atoms with E-state index in [1.54, 1.807) is 20.8 Å². The summed E-state index contributed by atoms with van der Waals surface area (Å²) in [6.45, 7) is 5.02. The molecule has 1 saturated heterocycles. The number of aliphatic hydroxyl groups is 2. The van der Waals surface area contributed by atoms with Crippen molar-refractivity contribution in [3.8, 4) is 0 Å². The molecule has 1 aliphatic heterocycles. The Morgan fingerprint density at radius 2 is 2.00 bits per heavy atom. The monoisotopic (exact) mass is 176 g/mol. The van der Waals surface area contributed by atoms with Gasteiger partial charge >= 0.3 is 0 Å². The Kier molecular flexibility index (Phi) is 2.73. The largest absolute Gasteiger partial charge is 0.394 e. The van der Waals surface area contributed by atoms with Crippen LogP contribution >= 0.6 is 0 Å². The second-order valence-corrected chi connectivity index (χ2v) is 3.56. The second-order valence-electron chi connectivity index (χ2n) is 3.56. The van der Waals surface area contributed by atoms with Gasteiger partial charge in [-0.05, 0) is 20.8 Å². The highest BCUT2D eigenvalue weighted by Crippen LogP contribution is 2.29. The van der Waals surface area contributed by atoms with Gasteiger partial charge in [-0.3, -0.25) is 0 Å². The standard InChI is InChI=1S/C8H16O4/c1-5(10)7-6(4-9)11-8(2,3)12-7/h5-7,9-10H,4H2,1-3H3/t5-,6+,7-/m1/s1. The van der Waals surface area contributed by atoms with Gasteiger partial charge in [0.1, 0.15) is 12.2 Å². The summed E-state index contributed by atoms with van der Waals surface area (Å²) in [6, 6.07) is 0. The number of ether oxygens (including phenoxy) is 2. The van der Waals surface area contributed by atoms with Crippen molar-refractivity contribution < 1.29 is 19.7 Å². The lowest BCUT2D eigenvalue weighted by Gasteiger charge is -2.18. The molecule has 2 N–H and O–H groups in total. The molecular weight excluding hydrogens is 160 g/mol. The Morgan fingerprint density at radius 3 is 2.33 bits per heavy atom. The van der Waals surface area contributed by atoms with Crippen molar-refractivity contribution in [1.29, 1.82) is 0 Å². The Morgan fingerprint density at radius 1 is 1.42 bits per heavy atom.